The Labute approximate surface area is 144 Å². The summed E-state index contributed by atoms with van der Waals surface area (Å²) in [4.78, 5) is 23.5. The van der Waals surface area contributed by atoms with Crippen LogP contribution in [0.1, 0.15) is 23.6 Å². The minimum Gasteiger partial charge on any atom is -0.352 e. The molecule has 0 aliphatic carbocycles. The quantitative estimate of drug-likeness (QED) is 0.777. The van der Waals surface area contributed by atoms with E-state index in [-0.39, 0.29) is 12.3 Å². The minimum absolute atomic E-state index is 0.0521. The van der Waals surface area contributed by atoms with Crippen LogP contribution in [0.15, 0.2) is 48.5 Å². The first-order valence-corrected chi connectivity index (χ1v) is 7.48. The molecule has 0 aliphatic heterocycles. The van der Waals surface area contributed by atoms with Gasteiger partial charge in [-0.05, 0) is 29.8 Å². The summed E-state index contributed by atoms with van der Waals surface area (Å²) >= 11 is 6.13. The number of hydrogen-bond donors (Lipinski definition) is 3. The number of halogens is 1. The molecule has 122 valence electrons. The molecule has 2 aromatic carbocycles. The molecule has 1 unspecified atom stereocenters. The number of nitriles is 1. The number of carbonyl (C=O) groups excluding carboxylic acids is 2. The number of nitrogens with one attached hydrogen (secondary N) is 2. The van der Waals surface area contributed by atoms with Crippen LogP contribution in [0.3, 0.4) is 0 Å². The normalized spacial score (nSPS) is 11.2. The Hall–Kier alpha value is -3.04. The lowest BCUT2D eigenvalue weighted by Crippen LogP contribution is -2.35. The molecule has 0 bridgehead atoms. The SMILES string of the molecule is N#Cc1cccc(NC(=O)CC(NC(N)=O)c2ccccc2Cl)c1. The molecule has 0 saturated heterocycles. The number of benzene rings is 2. The largest absolute Gasteiger partial charge is 0.352 e. The van der Waals surface area contributed by atoms with Crippen molar-refractivity contribution in [1.82, 2.24) is 5.32 Å². The van der Waals surface area contributed by atoms with E-state index in [0.717, 1.165) is 0 Å². The smallest absolute Gasteiger partial charge is 0.312 e. The van der Waals surface area contributed by atoms with E-state index in [2.05, 4.69) is 10.6 Å². The summed E-state index contributed by atoms with van der Waals surface area (Å²) in [6, 6.07) is 14.0. The molecule has 24 heavy (non-hydrogen) atoms. The zero-order valence-electron chi connectivity index (χ0n) is 12.6. The van der Waals surface area contributed by atoms with Gasteiger partial charge in [0.2, 0.25) is 5.91 Å². The van der Waals surface area contributed by atoms with E-state index in [1.165, 1.54) is 0 Å². The fraction of sp³-hybridized carbons (Fsp3) is 0.118. The predicted molar refractivity (Wildman–Crippen MR) is 91.3 cm³/mol. The van der Waals surface area contributed by atoms with E-state index in [0.29, 0.717) is 21.8 Å². The molecular formula is C17H15ClN4O2. The van der Waals surface area contributed by atoms with Crippen LogP contribution in [-0.2, 0) is 4.79 Å². The van der Waals surface area contributed by atoms with Crippen molar-refractivity contribution in [2.45, 2.75) is 12.5 Å². The first kappa shape index (κ1) is 17.3. The summed E-state index contributed by atoms with van der Waals surface area (Å²) in [7, 11) is 0. The van der Waals surface area contributed by atoms with Crippen molar-refractivity contribution in [1.29, 1.82) is 5.26 Å². The fourth-order valence-corrected chi connectivity index (χ4v) is 2.50. The zero-order valence-corrected chi connectivity index (χ0v) is 13.4. The number of nitrogens with zero attached hydrogens (tertiary/aromatic N) is 1. The molecule has 1 atom stereocenters. The number of carbonyl (C=O) groups is 2. The molecule has 3 amide bonds. The van der Waals surface area contributed by atoms with E-state index in [1.807, 2.05) is 6.07 Å². The van der Waals surface area contributed by atoms with Crippen molar-refractivity contribution >= 4 is 29.2 Å². The van der Waals surface area contributed by atoms with Crippen LogP contribution in [0.5, 0.6) is 0 Å². The molecule has 0 heterocycles. The van der Waals surface area contributed by atoms with Gasteiger partial charge in [0.15, 0.2) is 0 Å². The molecule has 0 saturated carbocycles. The number of amides is 3. The summed E-state index contributed by atoms with van der Waals surface area (Å²) in [5, 5.41) is 14.5. The van der Waals surface area contributed by atoms with Gasteiger partial charge in [-0.15, -0.1) is 0 Å². The van der Waals surface area contributed by atoms with Crippen LogP contribution in [0.25, 0.3) is 0 Å². The van der Waals surface area contributed by atoms with Crippen molar-refractivity contribution in [3.63, 3.8) is 0 Å². The van der Waals surface area contributed by atoms with Gasteiger partial charge in [-0.25, -0.2) is 4.79 Å². The Morgan fingerprint density at radius 2 is 1.96 bits per heavy atom. The maximum absolute atomic E-state index is 12.3. The fourth-order valence-electron chi connectivity index (χ4n) is 2.23. The lowest BCUT2D eigenvalue weighted by molar-refractivity contribution is -0.116. The maximum Gasteiger partial charge on any atom is 0.312 e. The van der Waals surface area contributed by atoms with Crippen molar-refractivity contribution < 1.29 is 9.59 Å². The van der Waals surface area contributed by atoms with Gasteiger partial charge in [-0.2, -0.15) is 5.26 Å². The van der Waals surface area contributed by atoms with Crippen LogP contribution in [-0.4, -0.2) is 11.9 Å². The average molecular weight is 343 g/mol. The Morgan fingerprint density at radius 1 is 1.21 bits per heavy atom. The third kappa shape index (κ3) is 4.73. The molecule has 0 aliphatic rings. The first-order chi connectivity index (χ1) is 11.5. The van der Waals surface area contributed by atoms with Crippen LogP contribution in [0.4, 0.5) is 10.5 Å². The number of anilines is 1. The van der Waals surface area contributed by atoms with Gasteiger partial charge < -0.3 is 16.4 Å². The molecule has 2 aromatic rings. The highest BCUT2D eigenvalue weighted by Gasteiger charge is 2.19. The molecule has 7 heteroatoms. The highest BCUT2D eigenvalue weighted by molar-refractivity contribution is 6.31. The molecule has 0 aromatic heterocycles. The van der Waals surface area contributed by atoms with Crippen LogP contribution < -0.4 is 16.4 Å². The van der Waals surface area contributed by atoms with Crippen molar-refractivity contribution in [2.24, 2.45) is 5.73 Å². The number of nitrogens with two attached hydrogens (primary N) is 1. The lowest BCUT2D eigenvalue weighted by Gasteiger charge is -2.19. The van der Waals surface area contributed by atoms with E-state index >= 15 is 0 Å². The van der Waals surface area contributed by atoms with Crippen molar-refractivity contribution in [3.8, 4) is 6.07 Å². The Kier molecular flexibility index (Phi) is 5.77. The summed E-state index contributed by atoms with van der Waals surface area (Å²) in [6.07, 6.45) is -0.0521. The Balaban J connectivity index is 2.14. The first-order valence-electron chi connectivity index (χ1n) is 7.10. The van der Waals surface area contributed by atoms with Gasteiger partial charge in [0, 0.05) is 10.7 Å². The van der Waals surface area contributed by atoms with Gasteiger partial charge >= 0.3 is 6.03 Å². The second kappa shape index (κ2) is 7.99. The molecule has 6 nitrogen and oxygen atoms in total. The molecule has 0 radical (unpaired) electrons. The Bertz CT molecular complexity index is 801. The second-order valence-electron chi connectivity index (χ2n) is 5.03. The van der Waals surface area contributed by atoms with Gasteiger partial charge in [0.1, 0.15) is 0 Å². The minimum atomic E-state index is -0.751. The number of primary amides is 1. The van der Waals surface area contributed by atoms with Crippen LogP contribution in [0, 0.1) is 11.3 Å². The van der Waals surface area contributed by atoms with Crippen molar-refractivity contribution in [3.05, 3.63) is 64.7 Å². The van der Waals surface area contributed by atoms with E-state index in [9.17, 15) is 9.59 Å². The standard InChI is InChI=1S/C17H15ClN4O2/c18-14-7-2-1-6-13(14)15(22-17(20)24)9-16(23)21-12-5-3-4-11(8-12)10-19/h1-8,15H,9H2,(H,21,23)(H3,20,22,24). The second-order valence-corrected chi connectivity index (χ2v) is 5.43. The van der Waals surface area contributed by atoms with Gasteiger partial charge in [0.25, 0.3) is 0 Å². The third-order valence-electron chi connectivity index (χ3n) is 3.26. The Morgan fingerprint density at radius 3 is 2.62 bits per heavy atom. The summed E-state index contributed by atoms with van der Waals surface area (Å²) in [6.45, 7) is 0. The molecule has 0 spiro atoms. The zero-order chi connectivity index (χ0) is 17.5. The van der Waals surface area contributed by atoms with E-state index in [1.54, 1.807) is 48.5 Å². The third-order valence-corrected chi connectivity index (χ3v) is 3.61. The van der Waals surface area contributed by atoms with E-state index in [4.69, 9.17) is 22.6 Å². The molecule has 2 rings (SSSR count). The monoisotopic (exact) mass is 342 g/mol. The van der Waals surface area contributed by atoms with E-state index < -0.39 is 12.1 Å². The van der Waals surface area contributed by atoms with Gasteiger partial charge in [0.05, 0.1) is 24.1 Å². The lowest BCUT2D eigenvalue weighted by atomic mass is 10.0. The highest BCUT2D eigenvalue weighted by Crippen LogP contribution is 2.25. The molecular weight excluding hydrogens is 328 g/mol. The summed E-state index contributed by atoms with van der Waals surface area (Å²) in [5.41, 5.74) is 6.71. The van der Waals surface area contributed by atoms with Crippen molar-refractivity contribution in [2.75, 3.05) is 5.32 Å². The highest BCUT2D eigenvalue weighted by atomic mass is 35.5. The average Bonchev–Trinajstić information content (AvgIpc) is 2.54. The summed E-state index contributed by atoms with van der Waals surface area (Å²) in [5.74, 6) is -0.344. The molecule has 0 fully saturated rings. The predicted octanol–water partition coefficient (Wildman–Crippen LogP) is 2.95. The van der Waals surface area contributed by atoms with Crippen LogP contribution in [0.2, 0.25) is 5.02 Å². The number of rotatable bonds is 5. The number of urea groups is 1. The van der Waals surface area contributed by atoms with Gasteiger partial charge in [-0.1, -0.05) is 35.9 Å². The van der Waals surface area contributed by atoms with Gasteiger partial charge in [-0.3, -0.25) is 4.79 Å². The maximum atomic E-state index is 12.3. The van der Waals surface area contributed by atoms with Crippen LogP contribution >= 0.6 is 11.6 Å². The number of hydrogen-bond acceptors (Lipinski definition) is 3. The molecule has 4 N–H and O–H groups in total. The summed E-state index contributed by atoms with van der Waals surface area (Å²) < 4.78 is 0. The topological polar surface area (TPSA) is 108 Å².